The zero-order valence-electron chi connectivity index (χ0n) is 33.2. The first-order valence-corrected chi connectivity index (χ1v) is 21.2. The minimum Gasteiger partial charge on any atom is -0.423 e. The number of carbonyl (C=O) groups is 2. The van der Waals surface area contributed by atoms with Crippen molar-refractivity contribution in [1.29, 1.82) is 0 Å². The largest absolute Gasteiger partial charge is 0.423 e. The summed E-state index contributed by atoms with van der Waals surface area (Å²) in [6.45, 7) is 4.26. The van der Waals surface area contributed by atoms with Gasteiger partial charge in [-0.1, -0.05) is 74.5 Å². The SMILES string of the molecule is C[C@]12CC[C@@H]3c4ccc(OC(=O)c5ccccc5)cc4CC[C@H]3[C@@H]1C=C[C@@H]2O.C[C@]12CC[C@@H]3c4ccc(OC(=O)c5ccccc5)cc4CC[C@H]3[C@@H]1[C@@H](O)[C@@H](O)[C@@H]2O. The van der Waals surface area contributed by atoms with Gasteiger partial charge in [0.1, 0.15) is 17.6 Å². The number of aliphatic hydroxyl groups excluding tert-OH is 4. The molecule has 0 saturated heterocycles. The Morgan fingerprint density at radius 3 is 1.64 bits per heavy atom. The number of aryl methyl sites for hydroxylation is 2. The van der Waals surface area contributed by atoms with Crippen LogP contribution in [-0.4, -0.2) is 56.8 Å². The van der Waals surface area contributed by atoms with Crippen LogP contribution in [0.2, 0.25) is 0 Å². The van der Waals surface area contributed by atoms with Crippen LogP contribution in [-0.2, 0) is 12.8 Å². The van der Waals surface area contributed by atoms with Gasteiger partial charge in [0, 0.05) is 10.8 Å². The molecular weight excluding hydrogens is 729 g/mol. The molecule has 302 valence electrons. The third kappa shape index (κ3) is 6.62. The molecule has 12 atom stereocenters. The number of rotatable bonds is 4. The highest BCUT2D eigenvalue weighted by atomic mass is 16.5. The predicted octanol–water partition coefficient (Wildman–Crippen LogP) is 7.96. The molecule has 0 unspecified atom stereocenters. The highest BCUT2D eigenvalue weighted by Gasteiger charge is 2.62. The molecule has 8 nitrogen and oxygen atoms in total. The maximum absolute atomic E-state index is 12.4. The Hall–Kier alpha value is -4.60. The summed E-state index contributed by atoms with van der Waals surface area (Å²) in [6, 6.07) is 30.1. The minimum absolute atomic E-state index is 0.00379. The number of hydrogen-bond acceptors (Lipinski definition) is 8. The third-order valence-electron chi connectivity index (χ3n) is 15.3. The van der Waals surface area contributed by atoms with Gasteiger partial charge in [0.05, 0.1) is 29.4 Å². The van der Waals surface area contributed by atoms with Crippen molar-refractivity contribution in [3.05, 3.63) is 143 Å². The molecule has 0 bridgehead atoms. The molecule has 0 aliphatic heterocycles. The number of ether oxygens (including phenoxy) is 2. The van der Waals surface area contributed by atoms with Gasteiger partial charge in [0.25, 0.3) is 0 Å². The van der Waals surface area contributed by atoms with E-state index in [1.54, 1.807) is 24.3 Å². The van der Waals surface area contributed by atoms with E-state index in [2.05, 4.69) is 31.2 Å². The average Bonchev–Trinajstić information content (AvgIpc) is 3.65. The first kappa shape index (κ1) is 38.9. The average molecular weight is 783 g/mol. The third-order valence-corrected chi connectivity index (χ3v) is 15.3. The van der Waals surface area contributed by atoms with Crippen LogP contribution < -0.4 is 9.47 Å². The molecule has 4 aromatic rings. The van der Waals surface area contributed by atoms with Crippen molar-refractivity contribution in [2.24, 2.45) is 34.5 Å². The highest BCUT2D eigenvalue weighted by molar-refractivity contribution is 5.91. The quantitative estimate of drug-likeness (QED) is 0.0932. The summed E-state index contributed by atoms with van der Waals surface area (Å²) >= 11 is 0. The summed E-state index contributed by atoms with van der Waals surface area (Å²) in [4.78, 5) is 24.7. The Morgan fingerprint density at radius 2 is 1.09 bits per heavy atom. The van der Waals surface area contributed by atoms with Crippen LogP contribution in [0.5, 0.6) is 11.5 Å². The van der Waals surface area contributed by atoms with Gasteiger partial charge in [0.2, 0.25) is 0 Å². The van der Waals surface area contributed by atoms with Crippen molar-refractivity contribution in [3.8, 4) is 11.5 Å². The molecule has 0 spiro atoms. The summed E-state index contributed by atoms with van der Waals surface area (Å²) in [5.41, 5.74) is 5.81. The van der Waals surface area contributed by atoms with Crippen LogP contribution in [0.3, 0.4) is 0 Å². The maximum Gasteiger partial charge on any atom is 0.343 e. The Balaban J connectivity index is 0.000000151. The molecule has 4 N–H and O–H groups in total. The van der Waals surface area contributed by atoms with E-state index in [0.717, 1.165) is 51.4 Å². The molecule has 3 fully saturated rings. The molecule has 0 radical (unpaired) electrons. The maximum atomic E-state index is 12.4. The lowest BCUT2D eigenvalue weighted by Crippen LogP contribution is -2.46. The first-order chi connectivity index (χ1) is 28.0. The normalized spacial score (nSPS) is 35.1. The lowest BCUT2D eigenvalue weighted by molar-refractivity contribution is -0.0505. The molecule has 3 saturated carbocycles. The van der Waals surface area contributed by atoms with Crippen LogP contribution in [0.4, 0.5) is 0 Å². The second-order valence-corrected chi connectivity index (χ2v) is 18.2. The van der Waals surface area contributed by atoms with E-state index in [1.165, 1.54) is 22.3 Å². The Kier molecular flexibility index (Phi) is 10.2. The summed E-state index contributed by atoms with van der Waals surface area (Å²) in [6.07, 6.45) is 8.87. The van der Waals surface area contributed by atoms with Crippen LogP contribution in [0.15, 0.2) is 109 Å². The van der Waals surface area contributed by atoms with Gasteiger partial charge in [-0.05, 0) is 158 Å². The van der Waals surface area contributed by atoms with Gasteiger partial charge < -0.3 is 29.9 Å². The summed E-state index contributed by atoms with van der Waals surface area (Å²) in [5, 5.41) is 42.0. The monoisotopic (exact) mass is 782 g/mol. The van der Waals surface area contributed by atoms with E-state index in [1.807, 2.05) is 67.6 Å². The fourth-order valence-electron chi connectivity index (χ4n) is 12.2. The molecule has 0 aromatic heterocycles. The molecule has 58 heavy (non-hydrogen) atoms. The van der Waals surface area contributed by atoms with Crippen LogP contribution in [0.25, 0.3) is 0 Å². The van der Waals surface area contributed by atoms with Crippen molar-refractivity contribution in [3.63, 3.8) is 0 Å². The number of benzene rings is 4. The fourth-order valence-corrected chi connectivity index (χ4v) is 12.2. The van der Waals surface area contributed by atoms with Gasteiger partial charge in [-0.2, -0.15) is 0 Å². The number of carbonyl (C=O) groups excluding carboxylic acids is 2. The zero-order valence-corrected chi connectivity index (χ0v) is 33.2. The Labute approximate surface area is 340 Å². The van der Waals surface area contributed by atoms with Gasteiger partial charge in [0.15, 0.2) is 0 Å². The molecule has 6 aliphatic rings. The van der Waals surface area contributed by atoms with Crippen LogP contribution in [0.1, 0.15) is 107 Å². The van der Waals surface area contributed by atoms with Gasteiger partial charge >= 0.3 is 11.9 Å². The Morgan fingerprint density at radius 1 is 0.586 bits per heavy atom. The molecule has 0 amide bonds. The van der Waals surface area contributed by atoms with E-state index >= 15 is 0 Å². The number of esters is 2. The van der Waals surface area contributed by atoms with Gasteiger partial charge in [-0.25, -0.2) is 9.59 Å². The number of hydrogen-bond donors (Lipinski definition) is 4. The standard InChI is InChI=1S/C25H28O5.C25H26O3/c1-25-12-11-18-17-10-8-16(30-24(29)14-5-3-2-4-6-14)13-15(17)7-9-19(18)20(25)21(26)22(27)23(25)28;1-25-14-13-20-19-10-8-18(28-24(27)16-5-3-2-4-6-16)15-17(19)7-9-21(20)22(25)11-12-23(25)26/h2-6,8,10,13,18-23,26-28H,7,9,11-12H2,1H3;2-6,8,10-12,15,20-23,26H,7,9,13-14H2,1H3/t18-,19-,20-,21-,22-,23+,25+;20-,21-,22+,23+,25+/m11/s1. The molecule has 0 heterocycles. The minimum atomic E-state index is -1.07. The van der Waals surface area contributed by atoms with E-state index in [9.17, 15) is 30.0 Å². The topological polar surface area (TPSA) is 134 Å². The number of allylic oxidation sites excluding steroid dienone is 1. The fraction of sp³-hybridized carbons (Fsp3) is 0.440. The van der Waals surface area contributed by atoms with E-state index in [0.29, 0.717) is 40.4 Å². The van der Waals surface area contributed by atoms with Crippen LogP contribution in [0, 0.1) is 34.5 Å². The van der Waals surface area contributed by atoms with Crippen molar-refractivity contribution >= 4 is 11.9 Å². The highest BCUT2D eigenvalue weighted by Crippen LogP contribution is 2.61. The van der Waals surface area contributed by atoms with E-state index in [-0.39, 0.29) is 41.2 Å². The molecule has 10 rings (SSSR count). The molecule has 4 aromatic carbocycles. The van der Waals surface area contributed by atoms with Crippen molar-refractivity contribution in [2.75, 3.05) is 0 Å². The number of aliphatic hydroxyl groups is 4. The second kappa shape index (κ2) is 15.2. The lowest BCUT2D eigenvalue weighted by atomic mass is 9.55. The molecular formula is C50H54O8. The van der Waals surface area contributed by atoms with E-state index in [4.69, 9.17) is 9.47 Å². The van der Waals surface area contributed by atoms with Crippen molar-refractivity contribution < 1.29 is 39.5 Å². The summed E-state index contributed by atoms with van der Waals surface area (Å²) < 4.78 is 11.2. The summed E-state index contributed by atoms with van der Waals surface area (Å²) in [5.74, 6) is 2.51. The lowest BCUT2D eigenvalue weighted by Gasteiger charge is -2.50. The zero-order chi connectivity index (χ0) is 40.3. The second-order valence-electron chi connectivity index (χ2n) is 18.2. The van der Waals surface area contributed by atoms with Crippen LogP contribution >= 0.6 is 0 Å². The molecule has 8 heteroatoms. The van der Waals surface area contributed by atoms with Gasteiger partial charge in [-0.15, -0.1) is 0 Å². The Bertz CT molecular complexity index is 2200. The first-order valence-electron chi connectivity index (χ1n) is 21.2. The predicted molar refractivity (Wildman–Crippen MR) is 220 cm³/mol. The molecule has 6 aliphatic carbocycles. The van der Waals surface area contributed by atoms with Crippen molar-refractivity contribution in [2.45, 2.75) is 101 Å². The smallest absolute Gasteiger partial charge is 0.343 e. The van der Waals surface area contributed by atoms with Crippen molar-refractivity contribution in [1.82, 2.24) is 0 Å². The van der Waals surface area contributed by atoms with Gasteiger partial charge in [-0.3, -0.25) is 0 Å². The summed E-state index contributed by atoms with van der Waals surface area (Å²) in [7, 11) is 0. The van der Waals surface area contributed by atoms with E-state index < -0.39 is 23.7 Å². The number of fused-ring (bicyclic) bond motifs is 10.